The number of anilines is 1. The molecule has 9 heteroatoms. The molecule has 0 bridgehead atoms. The van der Waals surface area contributed by atoms with Gasteiger partial charge in [0.25, 0.3) is 5.91 Å². The number of carbonyl (C=O) groups excluding carboxylic acids is 2. The zero-order valence-corrected chi connectivity index (χ0v) is 20.2. The van der Waals surface area contributed by atoms with Crippen molar-refractivity contribution in [2.75, 3.05) is 33.2 Å². The minimum Gasteiger partial charge on any atom is -0.497 e. The van der Waals surface area contributed by atoms with Crippen LogP contribution in [-0.4, -0.2) is 44.7 Å². The Morgan fingerprint density at radius 1 is 1.06 bits per heavy atom. The van der Waals surface area contributed by atoms with Crippen LogP contribution < -0.4 is 24.8 Å². The first kappa shape index (κ1) is 23.6. The van der Waals surface area contributed by atoms with Crippen molar-refractivity contribution in [1.29, 1.82) is 0 Å². The summed E-state index contributed by atoms with van der Waals surface area (Å²) >= 11 is 1.41. The summed E-state index contributed by atoms with van der Waals surface area (Å²) in [6.45, 7) is 0.510. The standard InChI is InChI=1S/C25H27N3O5S/c1-31-17-12-16(13-18(14-17)32-2)23(29)28-25-27-22-19(8-9-21(22)34-25)24(30)26-11-10-15-6-4-5-7-20(15)33-3/h4-7,12-14,19H,8-11H2,1-3H3,(H,26,30)(H,27,28,29). The quantitative estimate of drug-likeness (QED) is 0.482. The Morgan fingerprint density at radius 3 is 2.50 bits per heavy atom. The summed E-state index contributed by atoms with van der Waals surface area (Å²) in [5.74, 6) is 1.18. The molecule has 0 fully saturated rings. The van der Waals surface area contributed by atoms with Crippen molar-refractivity contribution >= 4 is 28.3 Å². The molecule has 3 aromatic rings. The van der Waals surface area contributed by atoms with Gasteiger partial charge in [-0.3, -0.25) is 14.9 Å². The third-order valence-electron chi connectivity index (χ3n) is 5.75. The highest BCUT2D eigenvalue weighted by Gasteiger charge is 2.32. The molecule has 34 heavy (non-hydrogen) atoms. The lowest BCUT2D eigenvalue weighted by molar-refractivity contribution is -0.122. The van der Waals surface area contributed by atoms with Crippen molar-refractivity contribution in [3.63, 3.8) is 0 Å². The third kappa shape index (κ3) is 5.14. The van der Waals surface area contributed by atoms with Crippen LogP contribution in [0.1, 0.15) is 38.8 Å². The summed E-state index contributed by atoms with van der Waals surface area (Å²) in [5, 5.41) is 6.34. The van der Waals surface area contributed by atoms with Gasteiger partial charge in [0.05, 0.1) is 32.9 Å². The normalized spacial score (nSPS) is 14.3. The van der Waals surface area contributed by atoms with E-state index in [4.69, 9.17) is 14.2 Å². The molecule has 1 aliphatic rings. The number of ether oxygens (including phenoxy) is 3. The molecule has 1 unspecified atom stereocenters. The van der Waals surface area contributed by atoms with Crippen LogP contribution in [0.2, 0.25) is 0 Å². The lowest BCUT2D eigenvalue weighted by atomic mass is 10.1. The van der Waals surface area contributed by atoms with E-state index in [0.29, 0.717) is 35.2 Å². The lowest BCUT2D eigenvalue weighted by Gasteiger charge is -2.12. The number of hydrogen-bond donors (Lipinski definition) is 2. The fourth-order valence-corrected chi connectivity index (χ4v) is 5.03. The lowest BCUT2D eigenvalue weighted by Crippen LogP contribution is -2.30. The highest BCUT2D eigenvalue weighted by Crippen LogP contribution is 2.38. The summed E-state index contributed by atoms with van der Waals surface area (Å²) in [4.78, 5) is 31.2. The molecule has 0 aliphatic heterocycles. The average Bonchev–Trinajstić information content (AvgIpc) is 3.44. The highest BCUT2D eigenvalue weighted by atomic mass is 32.1. The van der Waals surface area contributed by atoms with Crippen LogP contribution in [0.5, 0.6) is 17.2 Å². The van der Waals surface area contributed by atoms with Gasteiger partial charge >= 0.3 is 0 Å². The van der Waals surface area contributed by atoms with E-state index in [9.17, 15) is 9.59 Å². The van der Waals surface area contributed by atoms with Gasteiger partial charge in [0, 0.05) is 23.1 Å². The molecular weight excluding hydrogens is 454 g/mol. The molecule has 0 radical (unpaired) electrons. The molecule has 2 N–H and O–H groups in total. The van der Waals surface area contributed by atoms with E-state index in [1.165, 1.54) is 25.6 Å². The predicted octanol–water partition coefficient (Wildman–Crippen LogP) is 3.81. The number of nitrogens with zero attached hydrogens (tertiary/aromatic N) is 1. The zero-order valence-electron chi connectivity index (χ0n) is 19.3. The van der Waals surface area contributed by atoms with Crippen LogP contribution >= 0.6 is 11.3 Å². The first-order valence-electron chi connectivity index (χ1n) is 11.0. The Kier molecular flexibility index (Phi) is 7.32. The first-order chi connectivity index (χ1) is 16.5. The Bertz CT molecular complexity index is 1170. The number of methoxy groups -OCH3 is 3. The van der Waals surface area contributed by atoms with Crippen molar-refractivity contribution in [3.05, 3.63) is 64.2 Å². The van der Waals surface area contributed by atoms with E-state index >= 15 is 0 Å². The van der Waals surface area contributed by atoms with Gasteiger partial charge in [-0.25, -0.2) is 4.98 Å². The number of carbonyl (C=O) groups is 2. The Morgan fingerprint density at radius 2 is 1.79 bits per heavy atom. The van der Waals surface area contributed by atoms with Crippen molar-refractivity contribution in [2.24, 2.45) is 0 Å². The predicted molar refractivity (Wildman–Crippen MR) is 130 cm³/mol. The van der Waals surface area contributed by atoms with E-state index in [1.54, 1.807) is 25.3 Å². The zero-order chi connectivity index (χ0) is 24.1. The summed E-state index contributed by atoms with van der Waals surface area (Å²) in [6, 6.07) is 12.7. The van der Waals surface area contributed by atoms with Crippen LogP contribution in [-0.2, 0) is 17.6 Å². The summed E-state index contributed by atoms with van der Waals surface area (Å²) in [7, 11) is 4.70. The molecule has 4 rings (SSSR count). The SMILES string of the molecule is COc1cc(OC)cc(C(=O)Nc2nc3c(s2)CCC3C(=O)NCCc2ccccc2OC)c1. The molecule has 8 nitrogen and oxygen atoms in total. The summed E-state index contributed by atoms with van der Waals surface area (Å²) in [5.41, 5.74) is 2.20. The van der Waals surface area contributed by atoms with Gasteiger partial charge < -0.3 is 19.5 Å². The molecule has 1 aromatic heterocycles. The maximum Gasteiger partial charge on any atom is 0.257 e. The second-order valence-corrected chi connectivity index (χ2v) is 8.91. The van der Waals surface area contributed by atoms with E-state index in [2.05, 4.69) is 15.6 Å². The number of aromatic nitrogens is 1. The van der Waals surface area contributed by atoms with Gasteiger partial charge in [-0.2, -0.15) is 0 Å². The molecular formula is C25H27N3O5S. The van der Waals surface area contributed by atoms with E-state index < -0.39 is 0 Å². The average molecular weight is 482 g/mol. The topological polar surface area (TPSA) is 98.8 Å². The van der Waals surface area contributed by atoms with Gasteiger partial charge in [-0.05, 0) is 43.0 Å². The summed E-state index contributed by atoms with van der Waals surface area (Å²) < 4.78 is 15.8. The van der Waals surface area contributed by atoms with Crippen LogP contribution in [0.15, 0.2) is 42.5 Å². The molecule has 1 atom stereocenters. The highest BCUT2D eigenvalue weighted by molar-refractivity contribution is 7.16. The van der Waals surface area contributed by atoms with Crippen molar-refractivity contribution in [2.45, 2.75) is 25.2 Å². The molecule has 0 saturated heterocycles. The minimum absolute atomic E-state index is 0.0469. The number of thiazole rings is 1. The van der Waals surface area contributed by atoms with Gasteiger partial charge in [0.1, 0.15) is 17.2 Å². The number of para-hydroxylation sites is 1. The van der Waals surface area contributed by atoms with Gasteiger partial charge in [0.15, 0.2) is 5.13 Å². The first-order valence-corrected chi connectivity index (χ1v) is 11.8. The smallest absolute Gasteiger partial charge is 0.257 e. The van der Waals surface area contributed by atoms with Crippen molar-refractivity contribution in [3.8, 4) is 17.2 Å². The number of benzene rings is 2. The molecule has 1 heterocycles. The molecule has 2 amide bonds. The van der Waals surface area contributed by atoms with Crippen LogP contribution in [0.4, 0.5) is 5.13 Å². The molecule has 2 aromatic carbocycles. The van der Waals surface area contributed by atoms with E-state index in [1.807, 2.05) is 24.3 Å². The van der Waals surface area contributed by atoms with E-state index in [0.717, 1.165) is 34.7 Å². The second kappa shape index (κ2) is 10.6. The molecule has 178 valence electrons. The van der Waals surface area contributed by atoms with E-state index in [-0.39, 0.29) is 17.7 Å². The Balaban J connectivity index is 1.38. The maximum absolute atomic E-state index is 12.9. The minimum atomic E-state index is -0.317. The largest absolute Gasteiger partial charge is 0.497 e. The molecule has 0 saturated carbocycles. The van der Waals surface area contributed by atoms with Crippen LogP contribution in [0.3, 0.4) is 0 Å². The maximum atomic E-state index is 12.9. The van der Waals surface area contributed by atoms with Gasteiger partial charge in [-0.1, -0.05) is 18.2 Å². The molecule has 1 aliphatic carbocycles. The number of aryl methyl sites for hydroxylation is 1. The molecule has 0 spiro atoms. The Hall–Kier alpha value is -3.59. The Labute approximate surface area is 202 Å². The number of nitrogens with one attached hydrogen (secondary N) is 2. The third-order valence-corrected chi connectivity index (χ3v) is 6.80. The monoisotopic (exact) mass is 481 g/mol. The fraction of sp³-hybridized carbons (Fsp3) is 0.320. The number of amides is 2. The van der Waals surface area contributed by atoms with Crippen molar-refractivity contribution < 1.29 is 23.8 Å². The van der Waals surface area contributed by atoms with Gasteiger partial charge in [-0.15, -0.1) is 11.3 Å². The number of hydrogen-bond acceptors (Lipinski definition) is 7. The van der Waals surface area contributed by atoms with Crippen LogP contribution in [0.25, 0.3) is 0 Å². The van der Waals surface area contributed by atoms with Gasteiger partial charge in [0.2, 0.25) is 5.91 Å². The van der Waals surface area contributed by atoms with Crippen molar-refractivity contribution in [1.82, 2.24) is 10.3 Å². The summed E-state index contributed by atoms with van der Waals surface area (Å²) in [6.07, 6.45) is 2.16. The number of rotatable bonds is 9. The second-order valence-electron chi connectivity index (χ2n) is 7.83. The fourth-order valence-electron chi connectivity index (χ4n) is 4.00. The van der Waals surface area contributed by atoms with Crippen LogP contribution in [0, 0.1) is 0 Å². The number of fused-ring (bicyclic) bond motifs is 1.